The Morgan fingerprint density at radius 2 is 1.95 bits per heavy atom. The zero-order valence-corrected chi connectivity index (χ0v) is 11.9. The monoisotopic (exact) mass is 274 g/mol. The maximum atomic E-state index is 12.1. The lowest BCUT2D eigenvalue weighted by Gasteiger charge is -2.14. The SMILES string of the molecule is COC(=O)/C(=C(\O)c1ccccc1)[N+]1=C(C)CCCC1. The topological polar surface area (TPSA) is 49.5 Å². The number of ether oxygens (including phenoxy) is 1. The molecule has 0 saturated carbocycles. The molecule has 1 aromatic carbocycles. The molecule has 0 fully saturated rings. The fraction of sp³-hybridized carbons (Fsp3) is 0.375. The number of rotatable bonds is 3. The number of aliphatic hydroxyl groups is 1. The highest BCUT2D eigenvalue weighted by molar-refractivity contribution is 5.94. The van der Waals surface area contributed by atoms with Crippen molar-refractivity contribution in [3.05, 3.63) is 41.6 Å². The third-order valence-corrected chi connectivity index (χ3v) is 3.55. The first-order chi connectivity index (χ1) is 9.65. The Hall–Kier alpha value is -2.10. The molecule has 1 aliphatic heterocycles. The van der Waals surface area contributed by atoms with Gasteiger partial charge in [-0.15, -0.1) is 0 Å². The summed E-state index contributed by atoms with van der Waals surface area (Å²) in [5.41, 5.74) is 1.93. The minimum Gasteiger partial charge on any atom is -0.502 e. The normalized spacial score (nSPS) is 16.7. The molecule has 4 heteroatoms. The number of nitrogens with zero attached hydrogens (tertiary/aromatic N) is 1. The van der Waals surface area contributed by atoms with E-state index in [2.05, 4.69) is 0 Å². The van der Waals surface area contributed by atoms with Crippen molar-refractivity contribution in [3.63, 3.8) is 0 Å². The van der Waals surface area contributed by atoms with E-state index in [0.29, 0.717) is 5.56 Å². The van der Waals surface area contributed by atoms with Crippen molar-refractivity contribution < 1.29 is 19.2 Å². The summed E-state index contributed by atoms with van der Waals surface area (Å²) in [6.07, 6.45) is 3.05. The van der Waals surface area contributed by atoms with Crippen molar-refractivity contribution >= 4 is 17.4 Å². The highest BCUT2D eigenvalue weighted by Gasteiger charge is 2.32. The molecule has 1 aromatic rings. The van der Waals surface area contributed by atoms with Crippen LogP contribution in [-0.2, 0) is 9.53 Å². The summed E-state index contributed by atoms with van der Waals surface area (Å²) < 4.78 is 6.72. The van der Waals surface area contributed by atoms with Crippen LogP contribution in [0.5, 0.6) is 0 Å². The lowest BCUT2D eigenvalue weighted by Crippen LogP contribution is -2.29. The Bertz CT molecular complexity index is 558. The molecule has 106 valence electrons. The highest BCUT2D eigenvalue weighted by atomic mass is 16.5. The molecule has 0 atom stereocenters. The predicted octanol–water partition coefficient (Wildman–Crippen LogP) is 2.74. The first kappa shape index (κ1) is 14.3. The fourth-order valence-electron chi connectivity index (χ4n) is 2.44. The van der Waals surface area contributed by atoms with Gasteiger partial charge in [-0.3, -0.25) is 0 Å². The van der Waals surface area contributed by atoms with Crippen LogP contribution in [0.25, 0.3) is 5.76 Å². The van der Waals surface area contributed by atoms with Crippen molar-refractivity contribution in [3.8, 4) is 0 Å². The third-order valence-electron chi connectivity index (χ3n) is 3.55. The molecule has 0 amide bonds. The number of esters is 1. The summed E-state index contributed by atoms with van der Waals surface area (Å²) in [4.78, 5) is 12.1. The van der Waals surface area contributed by atoms with Crippen molar-refractivity contribution in [1.82, 2.24) is 0 Å². The van der Waals surface area contributed by atoms with Crippen molar-refractivity contribution in [2.24, 2.45) is 0 Å². The fourth-order valence-corrected chi connectivity index (χ4v) is 2.44. The molecule has 0 bridgehead atoms. The molecule has 0 aromatic heterocycles. The third kappa shape index (κ3) is 2.90. The largest absolute Gasteiger partial charge is 0.502 e. The molecule has 20 heavy (non-hydrogen) atoms. The number of benzene rings is 1. The Balaban J connectivity index is 2.56. The summed E-state index contributed by atoms with van der Waals surface area (Å²) in [7, 11) is 1.33. The van der Waals surface area contributed by atoms with Crippen LogP contribution < -0.4 is 0 Å². The minimum absolute atomic E-state index is 0.0290. The number of aliphatic hydroxyl groups excluding tert-OH is 1. The van der Waals surface area contributed by atoms with Crippen LogP contribution in [0.1, 0.15) is 31.7 Å². The zero-order chi connectivity index (χ0) is 14.5. The van der Waals surface area contributed by atoms with E-state index in [1.54, 1.807) is 12.1 Å². The quantitative estimate of drug-likeness (QED) is 0.399. The smallest absolute Gasteiger partial charge is 0.407 e. The predicted molar refractivity (Wildman–Crippen MR) is 77.7 cm³/mol. The van der Waals surface area contributed by atoms with Crippen LogP contribution in [-0.4, -0.2) is 35.0 Å². The van der Waals surface area contributed by atoms with Crippen LogP contribution >= 0.6 is 0 Å². The molecule has 0 aliphatic carbocycles. The molecule has 1 heterocycles. The average molecular weight is 274 g/mol. The van der Waals surface area contributed by atoms with Gasteiger partial charge in [-0.1, -0.05) is 30.3 Å². The lowest BCUT2D eigenvalue weighted by molar-refractivity contribution is -0.479. The van der Waals surface area contributed by atoms with Gasteiger partial charge in [-0.2, -0.15) is 4.58 Å². The highest BCUT2D eigenvalue weighted by Crippen LogP contribution is 2.20. The Morgan fingerprint density at radius 3 is 2.55 bits per heavy atom. The molecular weight excluding hydrogens is 254 g/mol. The molecular formula is C16H20NO3+. The van der Waals surface area contributed by atoms with Gasteiger partial charge in [0.05, 0.1) is 7.11 Å². The Labute approximate surface area is 119 Å². The van der Waals surface area contributed by atoms with E-state index in [9.17, 15) is 9.90 Å². The first-order valence-electron chi connectivity index (χ1n) is 6.82. The molecule has 0 spiro atoms. The van der Waals surface area contributed by atoms with Crippen molar-refractivity contribution in [2.75, 3.05) is 13.7 Å². The molecule has 1 aliphatic rings. The van der Waals surface area contributed by atoms with Gasteiger partial charge in [-0.25, -0.2) is 4.79 Å². The van der Waals surface area contributed by atoms with Crippen molar-refractivity contribution in [1.29, 1.82) is 0 Å². The van der Waals surface area contributed by atoms with E-state index in [1.807, 2.05) is 29.7 Å². The van der Waals surface area contributed by atoms with Crippen LogP contribution in [0, 0.1) is 0 Å². The Morgan fingerprint density at radius 1 is 1.25 bits per heavy atom. The minimum atomic E-state index is -0.507. The zero-order valence-electron chi connectivity index (χ0n) is 11.9. The van der Waals surface area contributed by atoms with Gasteiger partial charge >= 0.3 is 11.7 Å². The summed E-state index contributed by atoms with van der Waals surface area (Å²) >= 11 is 0. The summed E-state index contributed by atoms with van der Waals surface area (Å²) in [5, 5.41) is 10.5. The maximum Gasteiger partial charge on any atom is 0.407 e. The van der Waals surface area contributed by atoms with E-state index < -0.39 is 5.97 Å². The molecule has 0 unspecified atom stereocenters. The molecule has 2 rings (SSSR count). The number of methoxy groups -OCH3 is 1. The second-order valence-electron chi connectivity index (χ2n) is 4.90. The van der Waals surface area contributed by atoms with Crippen LogP contribution in [0.15, 0.2) is 36.0 Å². The van der Waals surface area contributed by atoms with Gasteiger partial charge in [0.15, 0.2) is 5.71 Å². The van der Waals surface area contributed by atoms with E-state index in [0.717, 1.165) is 31.5 Å². The van der Waals surface area contributed by atoms with Gasteiger partial charge in [0, 0.05) is 25.3 Å². The van der Waals surface area contributed by atoms with E-state index >= 15 is 0 Å². The van der Waals surface area contributed by atoms with Gasteiger partial charge < -0.3 is 9.84 Å². The van der Waals surface area contributed by atoms with Gasteiger partial charge in [0.1, 0.15) is 6.54 Å². The molecule has 0 saturated heterocycles. The summed E-state index contributed by atoms with van der Waals surface area (Å²) in [6, 6.07) is 9.07. The lowest BCUT2D eigenvalue weighted by atomic mass is 10.1. The standard InChI is InChI=1S/C16H19NO3/c1-12-8-6-7-11-17(12)14(16(19)20-2)15(18)13-9-4-3-5-10-13/h3-5,9-10H,6-8,11H2,1-2H3/p+1. The summed E-state index contributed by atoms with van der Waals surface area (Å²) in [6.45, 7) is 2.72. The number of carbonyl (C=O) groups is 1. The van der Waals surface area contributed by atoms with Crippen LogP contribution in [0.2, 0.25) is 0 Å². The van der Waals surface area contributed by atoms with Crippen molar-refractivity contribution in [2.45, 2.75) is 26.2 Å². The first-order valence-corrected chi connectivity index (χ1v) is 6.82. The van der Waals surface area contributed by atoms with E-state index in [-0.39, 0.29) is 11.5 Å². The number of hydrogen-bond donors (Lipinski definition) is 1. The van der Waals surface area contributed by atoms with E-state index in [4.69, 9.17) is 4.74 Å². The van der Waals surface area contributed by atoms with E-state index in [1.165, 1.54) is 7.11 Å². The summed E-state index contributed by atoms with van der Waals surface area (Å²) in [5.74, 6) is -0.536. The average Bonchev–Trinajstić information content (AvgIpc) is 2.50. The van der Waals surface area contributed by atoms with Gasteiger partial charge in [0.2, 0.25) is 5.76 Å². The number of carbonyl (C=O) groups excluding carboxylic acids is 1. The second-order valence-corrected chi connectivity index (χ2v) is 4.90. The van der Waals surface area contributed by atoms with Crippen LogP contribution in [0.3, 0.4) is 0 Å². The second kappa shape index (κ2) is 6.37. The molecule has 0 radical (unpaired) electrons. The Kier molecular flexibility index (Phi) is 4.56. The van der Waals surface area contributed by atoms with Gasteiger partial charge in [0.25, 0.3) is 0 Å². The molecule has 4 nitrogen and oxygen atoms in total. The molecule has 1 N–H and O–H groups in total. The number of hydrogen-bond acceptors (Lipinski definition) is 3. The maximum absolute atomic E-state index is 12.1. The van der Waals surface area contributed by atoms with Crippen LogP contribution in [0.4, 0.5) is 0 Å². The van der Waals surface area contributed by atoms with Gasteiger partial charge in [-0.05, 0) is 6.42 Å².